The Labute approximate surface area is 126 Å². The molecular weight excluding hydrogens is 310 g/mol. The number of allylic oxidation sites excluding steroid dienone is 2. The van der Waals surface area contributed by atoms with Crippen molar-refractivity contribution in [2.45, 2.75) is 3.79 Å². The SMILES string of the molecule is COc1ccc(/C=C/C(O)=C/C(=O)C(Cl)(Cl)Cl)cc1. The summed E-state index contributed by atoms with van der Waals surface area (Å²) >= 11 is 16.1. The van der Waals surface area contributed by atoms with Crippen LogP contribution in [-0.2, 0) is 4.79 Å². The molecule has 0 radical (unpaired) electrons. The lowest BCUT2D eigenvalue weighted by molar-refractivity contribution is -0.113. The Balaban J connectivity index is 2.75. The largest absolute Gasteiger partial charge is 0.508 e. The Morgan fingerprint density at radius 2 is 1.84 bits per heavy atom. The standard InChI is InChI=1S/C13H11Cl3O3/c1-19-11-6-3-9(4-7-11)2-5-10(17)8-12(18)13(14,15)16/h2-8,17H,1H3/b5-2+,10-8-. The first-order valence-corrected chi connectivity index (χ1v) is 6.30. The zero-order valence-corrected chi connectivity index (χ0v) is 12.2. The minimum absolute atomic E-state index is 0.299. The van der Waals surface area contributed by atoms with E-state index in [2.05, 4.69) is 0 Å². The molecule has 0 aliphatic heterocycles. The molecule has 3 nitrogen and oxygen atoms in total. The number of ether oxygens (including phenoxy) is 1. The molecule has 1 aromatic rings. The van der Waals surface area contributed by atoms with Gasteiger partial charge in [-0.15, -0.1) is 0 Å². The van der Waals surface area contributed by atoms with Gasteiger partial charge in [-0.05, 0) is 23.8 Å². The van der Waals surface area contributed by atoms with Crippen molar-refractivity contribution < 1.29 is 14.6 Å². The van der Waals surface area contributed by atoms with Crippen molar-refractivity contribution in [3.8, 4) is 5.75 Å². The van der Waals surface area contributed by atoms with Gasteiger partial charge in [-0.3, -0.25) is 4.79 Å². The highest BCUT2D eigenvalue weighted by atomic mass is 35.6. The van der Waals surface area contributed by atoms with Crippen LogP contribution in [0.2, 0.25) is 0 Å². The second-order valence-electron chi connectivity index (χ2n) is 3.54. The zero-order valence-electron chi connectivity index (χ0n) is 9.94. The summed E-state index contributed by atoms with van der Waals surface area (Å²) in [6.45, 7) is 0. The van der Waals surface area contributed by atoms with Gasteiger partial charge in [0.2, 0.25) is 5.78 Å². The monoisotopic (exact) mass is 320 g/mol. The van der Waals surface area contributed by atoms with E-state index in [1.807, 2.05) is 0 Å². The summed E-state index contributed by atoms with van der Waals surface area (Å²) < 4.78 is 2.94. The number of halogens is 3. The molecule has 1 aromatic carbocycles. The van der Waals surface area contributed by atoms with Gasteiger partial charge < -0.3 is 9.84 Å². The predicted molar refractivity (Wildman–Crippen MR) is 78.0 cm³/mol. The minimum atomic E-state index is -2.07. The number of hydrogen-bond acceptors (Lipinski definition) is 3. The molecular formula is C13H11Cl3O3. The second kappa shape index (κ2) is 6.85. The summed E-state index contributed by atoms with van der Waals surface area (Å²) in [6.07, 6.45) is 3.79. The molecule has 1 rings (SSSR count). The summed E-state index contributed by atoms with van der Waals surface area (Å²) in [4.78, 5) is 11.3. The molecule has 19 heavy (non-hydrogen) atoms. The van der Waals surface area contributed by atoms with Crippen LogP contribution in [0.4, 0.5) is 0 Å². The molecule has 0 amide bonds. The quantitative estimate of drug-likeness (QED) is 0.393. The first-order valence-electron chi connectivity index (χ1n) is 5.17. The van der Waals surface area contributed by atoms with Crippen molar-refractivity contribution in [2.75, 3.05) is 7.11 Å². The molecule has 0 aliphatic carbocycles. The van der Waals surface area contributed by atoms with Gasteiger partial charge in [0.15, 0.2) is 0 Å². The molecule has 0 saturated heterocycles. The fourth-order valence-electron chi connectivity index (χ4n) is 1.16. The molecule has 0 fully saturated rings. The van der Waals surface area contributed by atoms with E-state index in [0.29, 0.717) is 0 Å². The Kier molecular flexibility index (Phi) is 5.73. The number of rotatable bonds is 4. The van der Waals surface area contributed by atoms with Crippen molar-refractivity contribution in [3.05, 3.63) is 47.7 Å². The number of alkyl halides is 3. The number of benzene rings is 1. The van der Waals surface area contributed by atoms with Gasteiger partial charge in [-0.1, -0.05) is 53.0 Å². The van der Waals surface area contributed by atoms with Crippen molar-refractivity contribution in [1.82, 2.24) is 0 Å². The number of methoxy groups -OCH3 is 1. The molecule has 0 aromatic heterocycles. The lowest BCUT2D eigenvalue weighted by Gasteiger charge is -2.04. The maximum atomic E-state index is 11.3. The predicted octanol–water partition coefficient (Wildman–Crippen LogP) is 4.09. The van der Waals surface area contributed by atoms with Crippen LogP contribution in [0.1, 0.15) is 5.56 Å². The molecule has 0 unspecified atom stereocenters. The molecule has 0 atom stereocenters. The number of aliphatic hydroxyl groups is 1. The smallest absolute Gasteiger partial charge is 0.252 e. The van der Waals surface area contributed by atoms with Crippen LogP contribution in [0.5, 0.6) is 5.75 Å². The van der Waals surface area contributed by atoms with Crippen LogP contribution in [0.25, 0.3) is 6.08 Å². The molecule has 1 N–H and O–H groups in total. The highest BCUT2D eigenvalue weighted by Gasteiger charge is 2.28. The van der Waals surface area contributed by atoms with E-state index < -0.39 is 9.58 Å². The number of hydrogen-bond donors (Lipinski definition) is 1. The van der Waals surface area contributed by atoms with Crippen LogP contribution in [0.15, 0.2) is 42.2 Å². The maximum Gasteiger partial charge on any atom is 0.252 e. The van der Waals surface area contributed by atoms with Crippen molar-refractivity contribution in [2.24, 2.45) is 0 Å². The zero-order chi connectivity index (χ0) is 14.5. The van der Waals surface area contributed by atoms with Crippen molar-refractivity contribution in [1.29, 1.82) is 0 Å². The lowest BCUT2D eigenvalue weighted by atomic mass is 10.2. The van der Waals surface area contributed by atoms with Gasteiger partial charge >= 0.3 is 0 Å². The maximum absolute atomic E-state index is 11.3. The van der Waals surface area contributed by atoms with Crippen LogP contribution >= 0.6 is 34.8 Å². The number of ketones is 1. The first kappa shape index (κ1) is 15.9. The van der Waals surface area contributed by atoms with Crippen molar-refractivity contribution in [3.63, 3.8) is 0 Å². The number of carbonyl (C=O) groups excluding carboxylic acids is 1. The summed E-state index contributed by atoms with van der Waals surface area (Å²) in [5, 5.41) is 9.50. The van der Waals surface area contributed by atoms with Gasteiger partial charge in [-0.25, -0.2) is 0 Å². The molecule has 0 bridgehead atoms. The number of carbonyl (C=O) groups is 1. The van der Waals surface area contributed by atoms with Gasteiger partial charge in [0.05, 0.1) is 7.11 Å². The fraction of sp³-hybridized carbons (Fsp3) is 0.154. The Hall–Kier alpha value is -1.16. The first-order chi connectivity index (χ1) is 8.82. The third-order valence-corrected chi connectivity index (χ3v) is 2.68. The Morgan fingerprint density at radius 3 is 2.32 bits per heavy atom. The fourth-order valence-corrected chi connectivity index (χ4v) is 1.32. The molecule has 0 spiro atoms. The molecule has 102 valence electrons. The minimum Gasteiger partial charge on any atom is -0.508 e. The highest BCUT2D eigenvalue weighted by molar-refractivity contribution is 6.77. The van der Waals surface area contributed by atoms with Crippen molar-refractivity contribution >= 4 is 46.7 Å². The molecule has 6 heteroatoms. The van der Waals surface area contributed by atoms with E-state index in [-0.39, 0.29) is 5.76 Å². The van der Waals surface area contributed by atoms with Crippen LogP contribution in [-0.4, -0.2) is 21.8 Å². The van der Waals surface area contributed by atoms with Gasteiger partial charge in [0, 0.05) is 6.08 Å². The Bertz CT molecular complexity index is 499. The average molecular weight is 322 g/mol. The molecule has 0 heterocycles. The van der Waals surface area contributed by atoms with Crippen LogP contribution in [0.3, 0.4) is 0 Å². The van der Waals surface area contributed by atoms with E-state index in [9.17, 15) is 9.90 Å². The van der Waals surface area contributed by atoms with E-state index in [0.717, 1.165) is 17.4 Å². The van der Waals surface area contributed by atoms with E-state index in [4.69, 9.17) is 39.5 Å². The average Bonchev–Trinajstić information content (AvgIpc) is 2.35. The van der Waals surface area contributed by atoms with Gasteiger partial charge in [0.1, 0.15) is 11.5 Å². The van der Waals surface area contributed by atoms with E-state index in [1.54, 1.807) is 37.5 Å². The Morgan fingerprint density at radius 1 is 1.26 bits per heavy atom. The normalized spacial score (nSPS) is 12.7. The summed E-state index contributed by atoms with van der Waals surface area (Å²) in [6, 6.07) is 7.12. The number of aliphatic hydroxyl groups excluding tert-OH is 1. The second-order valence-corrected chi connectivity index (χ2v) is 5.82. The summed E-state index contributed by atoms with van der Waals surface area (Å²) in [5.74, 6) is -0.384. The van der Waals surface area contributed by atoms with Crippen LogP contribution in [0, 0.1) is 0 Å². The van der Waals surface area contributed by atoms with Crippen LogP contribution < -0.4 is 4.74 Å². The van der Waals surface area contributed by atoms with Gasteiger partial charge in [-0.2, -0.15) is 0 Å². The summed E-state index contributed by atoms with van der Waals surface area (Å²) in [5.41, 5.74) is 0.821. The van der Waals surface area contributed by atoms with Gasteiger partial charge in [0.25, 0.3) is 3.79 Å². The van der Waals surface area contributed by atoms with E-state index in [1.165, 1.54) is 6.08 Å². The third kappa shape index (κ3) is 5.55. The topological polar surface area (TPSA) is 46.5 Å². The highest BCUT2D eigenvalue weighted by Crippen LogP contribution is 2.27. The lowest BCUT2D eigenvalue weighted by Crippen LogP contribution is -2.16. The third-order valence-electron chi connectivity index (χ3n) is 2.12. The molecule has 0 saturated carbocycles. The molecule has 0 aliphatic rings. The van der Waals surface area contributed by atoms with E-state index >= 15 is 0 Å². The summed E-state index contributed by atoms with van der Waals surface area (Å²) in [7, 11) is 1.57.